The molecular formula is C31H36FeNP+2. The van der Waals surface area contributed by atoms with Gasteiger partial charge in [-0.25, -0.2) is 0 Å². The maximum Gasteiger partial charge on any atom is 2.00 e. The van der Waals surface area contributed by atoms with Crippen LogP contribution >= 0.6 is 7.92 Å². The zero-order valence-electron chi connectivity index (χ0n) is 20.3. The summed E-state index contributed by atoms with van der Waals surface area (Å²) in [5.41, 5.74) is 1.52. The van der Waals surface area contributed by atoms with E-state index in [1.165, 1.54) is 54.3 Å². The summed E-state index contributed by atoms with van der Waals surface area (Å²) >= 11 is 0. The molecule has 0 aliphatic heterocycles. The SMILES string of the molecule is C[C@H]([C]1[CH][CH][CH][C]1P(c1ccccc1)c1ccccc1)N(C)C1CCCCC1.[CH]1[CH][CH][CH][CH]1.[Fe+2]. The molecule has 1 nitrogen and oxygen atoms in total. The Morgan fingerprint density at radius 2 is 1.21 bits per heavy atom. The van der Waals surface area contributed by atoms with E-state index in [2.05, 4.69) is 98.8 Å². The van der Waals surface area contributed by atoms with Crippen LogP contribution in [0.4, 0.5) is 0 Å². The smallest absolute Gasteiger partial charge is 0.300 e. The molecule has 176 valence electrons. The van der Waals surface area contributed by atoms with Gasteiger partial charge in [0.05, 0.1) is 0 Å². The maximum absolute atomic E-state index is 2.64. The van der Waals surface area contributed by atoms with Crippen LogP contribution in [0, 0.1) is 62.9 Å². The summed E-state index contributed by atoms with van der Waals surface area (Å²) in [6, 6.07) is 23.3. The Bertz CT molecular complexity index is 740. The molecule has 2 aromatic carbocycles. The van der Waals surface area contributed by atoms with Crippen molar-refractivity contribution in [1.82, 2.24) is 4.90 Å². The van der Waals surface area contributed by atoms with Crippen molar-refractivity contribution in [3.05, 3.63) is 124 Å². The third-order valence-electron chi connectivity index (χ3n) is 6.86. The molecular weight excluding hydrogens is 473 g/mol. The molecule has 5 rings (SSSR count). The predicted molar refractivity (Wildman–Crippen MR) is 144 cm³/mol. The first-order valence-electron chi connectivity index (χ1n) is 12.3. The van der Waals surface area contributed by atoms with Crippen LogP contribution in [0.1, 0.15) is 39.0 Å². The van der Waals surface area contributed by atoms with Gasteiger partial charge in [0.2, 0.25) is 0 Å². The molecule has 3 fully saturated rings. The number of rotatable bonds is 6. The van der Waals surface area contributed by atoms with E-state index in [-0.39, 0.29) is 17.1 Å². The van der Waals surface area contributed by atoms with Crippen molar-refractivity contribution in [2.45, 2.75) is 51.1 Å². The molecule has 2 aromatic rings. The van der Waals surface area contributed by atoms with Crippen LogP contribution in [0.5, 0.6) is 0 Å². The molecule has 0 spiro atoms. The fraction of sp³-hybridized carbons (Fsp3) is 0.290. The Balaban J connectivity index is 0.000000481. The Morgan fingerprint density at radius 1 is 0.706 bits per heavy atom. The van der Waals surface area contributed by atoms with E-state index in [0.29, 0.717) is 6.04 Å². The van der Waals surface area contributed by atoms with Gasteiger partial charge in [-0.2, -0.15) is 0 Å². The van der Waals surface area contributed by atoms with Crippen molar-refractivity contribution < 1.29 is 17.1 Å². The summed E-state index contributed by atoms with van der Waals surface area (Å²) in [4.78, 5) is 2.64. The number of nitrogens with zero attached hydrogens (tertiary/aromatic N) is 1. The van der Waals surface area contributed by atoms with Crippen molar-refractivity contribution in [3.8, 4) is 0 Å². The first kappa shape index (κ1) is 27.9. The molecule has 0 amide bonds. The molecule has 3 aliphatic rings. The number of benzene rings is 2. The monoisotopic (exact) mass is 509 g/mol. The van der Waals surface area contributed by atoms with E-state index >= 15 is 0 Å². The Hall–Kier alpha value is -0.651. The summed E-state index contributed by atoms with van der Waals surface area (Å²) in [5, 5.41) is 2.87. The second-order valence-electron chi connectivity index (χ2n) is 8.97. The van der Waals surface area contributed by atoms with Crippen LogP contribution in [0.25, 0.3) is 0 Å². The summed E-state index contributed by atoms with van der Waals surface area (Å²) in [6.45, 7) is 2.40. The molecule has 0 bridgehead atoms. The zero-order chi connectivity index (χ0) is 22.9. The van der Waals surface area contributed by atoms with E-state index in [0.717, 1.165) is 6.04 Å². The van der Waals surface area contributed by atoms with Crippen molar-refractivity contribution >= 4 is 18.5 Å². The van der Waals surface area contributed by atoms with Crippen molar-refractivity contribution in [2.75, 3.05) is 7.05 Å². The van der Waals surface area contributed by atoms with Gasteiger partial charge in [0.1, 0.15) is 0 Å². The van der Waals surface area contributed by atoms with Gasteiger partial charge in [0.15, 0.2) is 0 Å². The number of hydrogen-bond donors (Lipinski definition) is 0. The average molecular weight is 509 g/mol. The van der Waals surface area contributed by atoms with Gasteiger partial charge in [0, 0.05) is 23.7 Å². The molecule has 0 heterocycles. The van der Waals surface area contributed by atoms with Crippen LogP contribution in [-0.2, 0) is 17.1 Å². The Labute approximate surface area is 221 Å². The van der Waals surface area contributed by atoms with E-state index in [4.69, 9.17) is 0 Å². The molecule has 3 saturated carbocycles. The van der Waals surface area contributed by atoms with Crippen molar-refractivity contribution in [2.24, 2.45) is 0 Å². The van der Waals surface area contributed by atoms with Crippen LogP contribution < -0.4 is 10.6 Å². The molecule has 0 unspecified atom stereocenters. The summed E-state index contributed by atoms with van der Waals surface area (Å²) in [6.07, 6.45) is 23.9. The quantitative estimate of drug-likeness (QED) is 0.317. The molecule has 10 radical (unpaired) electrons. The maximum atomic E-state index is 2.64. The van der Waals surface area contributed by atoms with Crippen LogP contribution in [0.15, 0.2) is 60.7 Å². The molecule has 1 atom stereocenters. The molecule has 0 saturated heterocycles. The average Bonchev–Trinajstić information content (AvgIpc) is 3.61. The molecule has 3 aliphatic carbocycles. The fourth-order valence-corrected chi connectivity index (χ4v) is 7.46. The third kappa shape index (κ3) is 7.43. The standard InChI is InChI=1S/C26H31NP.C5H5.Fe/c1-21(27(2)22-13-6-3-7-14-22)25-19-12-20-26(25)28(23-15-8-4-9-16-23)24-17-10-5-11-18-24;1-2-4-5-3-1;/h4-5,8-12,15-22H,3,6-7,13-14H2,1-2H3;1-5H;/q;;+2/t21-;;/m1../s1. The van der Waals surface area contributed by atoms with Gasteiger partial charge >= 0.3 is 17.1 Å². The Kier molecular flexibility index (Phi) is 12.2. The molecule has 0 N–H and O–H groups in total. The van der Waals surface area contributed by atoms with Gasteiger partial charge in [-0.05, 0) is 96.7 Å². The predicted octanol–water partition coefficient (Wildman–Crippen LogP) is 6.52. The molecule has 3 heteroatoms. The van der Waals surface area contributed by atoms with Crippen LogP contribution in [0.2, 0.25) is 0 Å². The van der Waals surface area contributed by atoms with Crippen LogP contribution in [-0.4, -0.2) is 24.0 Å². The van der Waals surface area contributed by atoms with Crippen molar-refractivity contribution in [3.63, 3.8) is 0 Å². The van der Waals surface area contributed by atoms with Crippen LogP contribution in [0.3, 0.4) is 0 Å². The second-order valence-corrected chi connectivity index (χ2v) is 11.2. The number of hydrogen-bond acceptors (Lipinski definition) is 1. The second kappa shape index (κ2) is 14.8. The minimum absolute atomic E-state index is 0. The largest absolute Gasteiger partial charge is 2.00 e. The van der Waals surface area contributed by atoms with E-state index < -0.39 is 7.92 Å². The van der Waals surface area contributed by atoms with E-state index in [1.807, 2.05) is 32.1 Å². The fourth-order valence-electron chi connectivity index (χ4n) is 4.91. The molecule has 0 aromatic heterocycles. The Morgan fingerprint density at radius 3 is 1.71 bits per heavy atom. The van der Waals surface area contributed by atoms with E-state index in [9.17, 15) is 0 Å². The summed E-state index contributed by atoms with van der Waals surface area (Å²) < 4.78 is 0. The van der Waals surface area contributed by atoms with Crippen molar-refractivity contribution in [1.29, 1.82) is 0 Å². The summed E-state index contributed by atoms with van der Waals surface area (Å²) in [5.74, 6) is 1.51. The van der Waals surface area contributed by atoms with Gasteiger partial charge in [-0.3, -0.25) is 0 Å². The minimum Gasteiger partial charge on any atom is -0.300 e. The minimum atomic E-state index is -0.531. The topological polar surface area (TPSA) is 3.24 Å². The summed E-state index contributed by atoms with van der Waals surface area (Å²) in [7, 11) is 1.81. The van der Waals surface area contributed by atoms with Gasteiger partial charge in [-0.1, -0.05) is 79.9 Å². The first-order valence-corrected chi connectivity index (χ1v) is 13.6. The van der Waals surface area contributed by atoms with Gasteiger partial charge in [-0.15, -0.1) is 0 Å². The third-order valence-corrected chi connectivity index (χ3v) is 9.38. The first-order chi connectivity index (χ1) is 16.3. The van der Waals surface area contributed by atoms with E-state index in [1.54, 1.807) is 0 Å². The van der Waals surface area contributed by atoms with Gasteiger partial charge < -0.3 is 4.90 Å². The normalized spacial score (nSPS) is 20.7. The molecule has 34 heavy (non-hydrogen) atoms. The van der Waals surface area contributed by atoms with Gasteiger partial charge in [0.25, 0.3) is 0 Å². The zero-order valence-corrected chi connectivity index (χ0v) is 22.3.